The summed E-state index contributed by atoms with van der Waals surface area (Å²) in [6, 6.07) is 8.06. The van der Waals surface area contributed by atoms with Gasteiger partial charge in [-0.2, -0.15) is 0 Å². The summed E-state index contributed by atoms with van der Waals surface area (Å²) in [5.74, 6) is -0.224. The molecule has 2 aliphatic rings. The number of nitrogens with zero attached hydrogens (tertiary/aromatic N) is 2. The van der Waals surface area contributed by atoms with E-state index >= 15 is 0 Å². The van der Waals surface area contributed by atoms with Crippen LogP contribution in [0.3, 0.4) is 0 Å². The molecule has 0 unspecified atom stereocenters. The van der Waals surface area contributed by atoms with Crippen molar-refractivity contribution in [2.24, 2.45) is 5.92 Å². The molecule has 2 N–H and O–H groups in total. The highest BCUT2D eigenvalue weighted by Gasteiger charge is 2.26. The summed E-state index contributed by atoms with van der Waals surface area (Å²) in [5, 5.41) is 8.02. The van der Waals surface area contributed by atoms with Crippen LogP contribution >= 0.6 is 0 Å². The fourth-order valence-electron chi connectivity index (χ4n) is 3.34. The molecule has 1 amide bonds. The molecule has 0 aromatic heterocycles. The summed E-state index contributed by atoms with van der Waals surface area (Å²) < 4.78 is 0. The summed E-state index contributed by atoms with van der Waals surface area (Å²) in [4.78, 5) is 31.4. The van der Waals surface area contributed by atoms with Gasteiger partial charge in [-0.25, -0.2) is 0 Å². The molecule has 142 valence electrons. The van der Waals surface area contributed by atoms with Gasteiger partial charge in [0.1, 0.15) is 0 Å². The van der Waals surface area contributed by atoms with Crippen LogP contribution in [0.15, 0.2) is 24.3 Å². The van der Waals surface area contributed by atoms with E-state index < -0.39 is 0 Å². The summed E-state index contributed by atoms with van der Waals surface area (Å²) >= 11 is 0. The molecule has 7 nitrogen and oxygen atoms in total. The molecule has 1 aromatic carbocycles. The largest absolute Gasteiger partial charge is 0.369 e. The van der Waals surface area contributed by atoms with Crippen molar-refractivity contribution >= 4 is 23.3 Å². The van der Waals surface area contributed by atoms with Gasteiger partial charge in [0.25, 0.3) is 0 Å². The summed E-state index contributed by atoms with van der Waals surface area (Å²) in [5.41, 5.74) is 2.02. The Kier molecular flexibility index (Phi) is 6.46. The van der Waals surface area contributed by atoms with Crippen LogP contribution in [0.2, 0.25) is 0 Å². The number of hydrogen-bond acceptors (Lipinski definition) is 6. The molecule has 1 aromatic rings. The number of anilines is 2. The average Bonchev–Trinajstić information content (AvgIpc) is 2.69. The standard InChI is InChI=1S/C19H28N4O3/c1-2-18(24)26-23-11-7-15(8-12-23)19(25)21-16-3-5-17(6-4-16)22-13-9-20-10-14-22/h3-6,15,20H,2,7-14H2,1H3,(H,21,25). The Bertz CT molecular complexity index is 606. The molecular weight excluding hydrogens is 332 g/mol. The third kappa shape index (κ3) is 4.95. The van der Waals surface area contributed by atoms with Crippen molar-refractivity contribution in [3.63, 3.8) is 0 Å². The van der Waals surface area contributed by atoms with E-state index in [1.807, 2.05) is 12.1 Å². The van der Waals surface area contributed by atoms with Crippen molar-refractivity contribution in [3.05, 3.63) is 24.3 Å². The summed E-state index contributed by atoms with van der Waals surface area (Å²) in [7, 11) is 0. The SMILES string of the molecule is CCC(=O)ON1CCC(C(=O)Nc2ccc(N3CCNCC3)cc2)CC1. The normalized spacial score (nSPS) is 19.2. The van der Waals surface area contributed by atoms with Crippen molar-refractivity contribution in [3.8, 4) is 0 Å². The van der Waals surface area contributed by atoms with E-state index in [-0.39, 0.29) is 17.8 Å². The lowest BCUT2D eigenvalue weighted by molar-refractivity contribution is -0.196. The average molecular weight is 360 g/mol. The molecule has 2 aliphatic heterocycles. The second kappa shape index (κ2) is 9.00. The highest BCUT2D eigenvalue weighted by Crippen LogP contribution is 2.22. The Balaban J connectivity index is 1.47. The number of amides is 1. The number of nitrogens with one attached hydrogen (secondary N) is 2. The van der Waals surface area contributed by atoms with Crippen LogP contribution in [0.5, 0.6) is 0 Å². The topological polar surface area (TPSA) is 73.9 Å². The second-order valence-corrected chi connectivity index (χ2v) is 6.79. The van der Waals surface area contributed by atoms with Gasteiger partial charge in [-0.3, -0.25) is 9.59 Å². The zero-order chi connectivity index (χ0) is 18.4. The number of carbonyl (C=O) groups is 2. The second-order valence-electron chi connectivity index (χ2n) is 6.79. The van der Waals surface area contributed by atoms with E-state index in [1.165, 1.54) is 5.69 Å². The van der Waals surface area contributed by atoms with Gasteiger partial charge in [-0.05, 0) is 37.1 Å². The number of benzene rings is 1. The maximum Gasteiger partial charge on any atom is 0.324 e. The lowest BCUT2D eigenvalue weighted by Gasteiger charge is -2.30. The Morgan fingerprint density at radius 3 is 2.38 bits per heavy atom. The van der Waals surface area contributed by atoms with Crippen LogP contribution in [-0.2, 0) is 14.4 Å². The number of hydroxylamine groups is 2. The van der Waals surface area contributed by atoms with E-state index in [0.717, 1.165) is 31.9 Å². The number of rotatable bonds is 5. The highest BCUT2D eigenvalue weighted by atomic mass is 16.7. The number of piperazine rings is 1. The minimum Gasteiger partial charge on any atom is -0.369 e. The maximum atomic E-state index is 12.5. The molecule has 2 heterocycles. The first-order valence-corrected chi connectivity index (χ1v) is 9.48. The predicted octanol–water partition coefficient (Wildman–Crippen LogP) is 1.61. The van der Waals surface area contributed by atoms with E-state index in [1.54, 1.807) is 12.0 Å². The van der Waals surface area contributed by atoms with E-state index in [9.17, 15) is 9.59 Å². The van der Waals surface area contributed by atoms with Crippen LogP contribution in [0.1, 0.15) is 26.2 Å². The first-order chi connectivity index (χ1) is 12.7. The number of piperidine rings is 1. The van der Waals surface area contributed by atoms with E-state index in [4.69, 9.17) is 4.84 Å². The molecule has 3 rings (SSSR count). The molecule has 2 saturated heterocycles. The maximum absolute atomic E-state index is 12.5. The number of carbonyl (C=O) groups excluding carboxylic acids is 2. The fraction of sp³-hybridized carbons (Fsp3) is 0.579. The van der Waals surface area contributed by atoms with Crippen molar-refractivity contribution < 1.29 is 14.4 Å². The number of hydrogen-bond donors (Lipinski definition) is 2. The zero-order valence-electron chi connectivity index (χ0n) is 15.4. The molecule has 7 heteroatoms. The molecule has 0 aliphatic carbocycles. The van der Waals surface area contributed by atoms with Crippen LogP contribution < -0.4 is 15.5 Å². The molecule has 2 fully saturated rings. The van der Waals surface area contributed by atoms with E-state index in [2.05, 4.69) is 27.7 Å². The minimum absolute atomic E-state index is 0.0422. The molecular formula is C19H28N4O3. The van der Waals surface area contributed by atoms with Crippen LogP contribution in [-0.4, -0.2) is 56.2 Å². The van der Waals surface area contributed by atoms with Gasteiger partial charge in [0.05, 0.1) is 0 Å². The monoisotopic (exact) mass is 360 g/mol. The Hall–Kier alpha value is -2.12. The third-order valence-corrected chi connectivity index (χ3v) is 4.96. The smallest absolute Gasteiger partial charge is 0.324 e. The van der Waals surface area contributed by atoms with Crippen molar-refractivity contribution in [2.75, 3.05) is 49.5 Å². The molecule has 0 spiro atoms. The minimum atomic E-state index is -0.225. The molecule has 0 atom stereocenters. The van der Waals surface area contributed by atoms with Gasteiger partial charge in [0.15, 0.2) is 0 Å². The van der Waals surface area contributed by atoms with Gasteiger partial charge in [0.2, 0.25) is 5.91 Å². The van der Waals surface area contributed by atoms with Crippen molar-refractivity contribution in [1.82, 2.24) is 10.4 Å². The summed E-state index contributed by atoms with van der Waals surface area (Å²) in [6.45, 7) is 7.00. The van der Waals surface area contributed by atoms with Crippen LogP contribution in [0.4, 0.5) is 11.4 Å². The van der Waals surface area contributed by atoms with Gasteiger partial charge in [0, 0.05) is 63.0 Å². The van der Waals surface area contributed by atoms with Crippen molar-refractivity contribution in [1.29, 1.82) is 0 Å². The molecule has 26 heavy (non-hydrogen) atoms. The molecule has 0 bridgehead atoms. The van der Waals surface area contributed by atoms with Gasteiger partial charge >= 0.3 is 5.97 Å². The highest BCUT2D eigenvalue weighted by molar-refractivity contribution is 5.92. The van der Waals surface area contributed by atoms with E-state index in [0.29, 0.717) is 32.4 Å². The first-order valence-electron chi connectivity index (χ1n) is 9.48. The predicted molar refractivity (Wildman–Crippen MR) is 101 cm³/mol. The first kappa shape index (κ1) is 18.7. The molecule has 0 radical (unpaired) electrons. The third-order valence-electron chi connectivity index (χ3n) is 4.96. The van der Waals surface area contributed by atoms with Gasteiger partial charge in [-0.1, -0.05) is 6.92 Å². The zero-order valence-corrected chi connectivity index (χ0v) is 15.4. The molecule has 0 saturated carbocycles. The van der Waals surface area contributed by atoms with Gasteiger partial charge < -0.3 is 20.4 Å². The lowest BCUT2D eigenvalue weighted by Crippen LogP contribution is -2.43. The Morgan fingerprint density at radius 1 is 1.12 bits per heavy atom. The van der Waals surface area contributed by atoms with Crippen LogP contribution in [0.25, 0.3) is 0 Å². The van der Waals surface area contributed by atoms with Gasteiger partial charge in [-0.15, -0.1) is 5.06 Å². The summed E-state index contributed by atoms with van der Waals surface area (Å²) in [6.07, 6.45) is 1.76. The fourth-order valence-corrected chi connectivity index (χ4v) is 3.34. The van der Waals surface area contributed by atoms with Crippen molar-refractivity contribution in [2.45, 2.75) is 26.2 Å². The quantitative estimate of drug-likeness (QED) is 0.831. The van der Waals surface area contributed by atoms with Crippen LogP contribution in [0, 0.1) is 5.92 Å². The Labute approximate surface area is 154 Å². The Morgan fingerprint density at radius 2 is 1.77 bits per heavy atom. The lowest BCUT2D eigenvalue weighted by atomic mass is 9.97.